The van der Waals surface area contributed by atoms with E-state index in [-0.39, 0.29) is 24.0 Å². The number of nitrogens with zero attached hydrogens (tertiary/aromatic N) is 3. The Morgan fingerprint density at radius 3 is 2.81 bits per heavy atom. The normalized spacial score (nSPS) is 11.2. The highest BCUT2D eigenvalue weighted by molar-refractivity contribution is 14.0. The Bertz CT molecular complexity index is 475. The van der Waals surface area contributed by atoms with E-state index in [0.29, 0.717) is 6.54 Å². The van der Waals surface area contributed by atoms with Crippen molar-refractivity contribution in [2.24, 2.45) is 4.99 Å². The smallest absolute Gasteiger partial charge is 0.217 e. The topological polar surface area (TPSA) is 41.6 Å². The second-order valence-electron chi connectivity index (χ2n) is 3.13. The van der Waals surface area contributed by atoms with Gasteiger partial charge in [-0.3, -0.25) is 0 Å². The van der Waals surface area contributed by atoms with E-state index in [1.165, 1.54) is 0 Å². The summed E-state index contributed by atoms with van der Waals surface area (Å²) in [6, 6.07) is 3.77. The van der Waals surface area contributed by atoms with Gasteiger partial charge < -0.3 is 9.32 Å². The van der Waals surface area contributed by atoms with Crippen molar-refractivity contribution in [3.63, 3.8) is 0 Å². The lowest BCUT2D eigenvalue weighted by Crippen LogP contribution is -2.10. The van der Waals surface area contributed by atoms with Crippen LogP contribution in [0.3, 0.4) is 0 Å². The summed E-state index contributed by atoms with van der Waals surface area (Å²) >= 11 is 0. The number of hydrogen-bond acceptors (Lipinski definition) is 6. The molecular weight excluding hydrogens is 357 g/mol. The van der Waals surface area contributed by atoms with Gasteiger partial charge in [0.15, 0.2) is 5.13 Å². The van der Waals surface area contributed by atoms with Crippen LogP contribution in [0.1, 0.15) is 5.76 Å². The first kappa shape index (κ1) is 13.7. The van der Waals surface area contributed by atoms with E-state index in [2.05, 4.69) is 9.98 Å². The first-order valence-electron chi connectivity index (χ1n) is 4.43. The van der Waals surface area contributed by atoms with Crippen LogP contribution >= 0.6 is 44.7 Å². The molecule has 0 aliphatic rings. The van der Waals surface area contributed by atoms with Gasteiger partial charge in [-0.1, -0.05) is 0 Å². The third-order valence-electron chi connectivity index (χ3n) is 1.71. The van der Waals surface area contributed by atoms with Crippen LogP contribution in [0.5, 0.6) is 0 Å². The predicted octanol–water partition coefficient (Wildman–Crippen LogP) is 2.58. The van der Waals surface area contributed by atoms with Crippen molar-refractivity contribution in [2.75, 3.05) is 19.0 Å². The van der Waals surface area contributed by atoms with Gasteiger partial charge in [0.05, 0.1) is 6.26 Å². The Labute approximate surface area is 118 Å². The molecule has 2 heterocycles. The SMILES string of the molecule is CN(C)c1nc(=NCc2ccco2)ss1.I. The number of hydrogen-bond donors (Lipinski definition) is 0. The summed E-state index contributed by atoms with van der Waals surface area (Å²) in [6.07, 6.45) is 1.65. The fourth-order valence-corrected chi connectivity index (χ4v) is 2.97. The molecule has 0 saturated carbocycles. The summed E-state index contributed by atoms with van der Waals surface area (Å²) in [5.41, 5.74) is 0. The van der Waals surface area contributed by atoms with Crippen molar-refractivity contribution >= 4 is 49.8 Å². The molecule has 0 saturated heterocycles. The van der Waals surface area contributed by atoms with Crippen LogP contribution in [0.2, 0.25) is 0 Å². The molecular formula is C9H12IN3OS2. The Kier molecular flexibility index (Phi) is 5.42. The third kappa shape index (κ3) is 3.56. The lowest BCUT2D eigenvalue weighted by atomic mass is 10.5. The average Bonchev–Trinajstić information content (AvgIpc) is 2.86. The Morgan fingerprint density at radius 1 is 1.44 bits per heavy atom. The monoisotopic (exact) mass is 369 g/mol. The maximum Gasteiger partial charge on any atom is 0.217 e. The molecule has 0 atom stereocenters. The Morgan fingerprint density at radius 2 is 2.25 bits per heavy atom. The average molecular weight is 369 g/mol. The first-order chi connectivity index (χ1) is 7.25. The summed E-state index contributed by atoms with van der Waals surface area (Å²) in [5.74, 6) is 0.863. The van der Waals surface area contributed by atoms with Gasteiger partial charge in [-0.2, -0.15) is 4.98 Å². The van der Waals surface area contributed by atoms with Crippen LogP contribution in [0.25, 0.3) is 0 Å². The van der Waals surface area contributed by atoms with E-state index in [1.54, 1.807) is 26.9 Å². The van der Waals surface area contributed by atoms with Crippen molar-refractivity contribution in [2.45, 2.75) is 6.54 Å². The zero-order chi connectivity index (χ0) is 10.7. The van der Waals surface area contributed by atoms with Crippen LogP contribution in [-0.2, 0) is 6.54 Å². The predicted molar refractivity (Wildman–Crippen MR) is 77.7 cm³/mol. The zero-order valence-corrected chi connectivity index (χ0v) is 12.9. The Balaban J connectivity index is 0.00000128. The highest BCUT2D eigenvalue weighted by Crippen LogP contribution is 2.15. The lowest BCUT2D eigenvalue weighted by Gasteiger charge is -2.03. The van der Waals surface area contributed by atoms with Crippen LogP contribution in [0.4, 0.5) is 5.13 Å². The van der Waals surface area contributed by atoms with E-state index >= 15 is 0 Å². The van der Waals surface area contributed by atoms with Gasteiger partial charge in [0, 0.05) is 14.1 Å². The molecule has 88 valence electrons. The molecule has 0 spiro atoms. The molecule has 0 aliphatic carbocycles. The largest absolute Gasteiger partial charge is 0.467 e. The number of anilines is 1. The third-order valence-corrected chi connectivity index (χ3v) is 3.92. The highest BCUT2D eigenvalue weighted by Gasteiger charge is 2.00. The number of rotatable bonds is 3. The van der Waals surface area contributed by atoms with Crippen molar-refractivity contribution in [3.05, 3.63) is 29.0 Å². The molecule has 0 amide bonds. The molecule has 4 nitrogen and oxygen atoms in total. The summed E-state index contributed by atoms with van der Waals surface area (Å²) in [6.45, 7) is 0.556. The highest BCUT2D eigenvalue weighted by atomic mass is 127. The van der Waals surface area contributed by atoms with E-state index in [0.717, 1.165) is 15.7 Å². The van der Waals surface area contributed by atoms with E-state index < -0.39 is 0 Å². The van der Waals surface area contributed by atoms with Gasteiger partial charge in [0.1, 0.15) is 12.3 Å². The van der Waals surface area contributed by atoms with E-state index in [4.69, 9.17) is 4.42 Å². The standard InChI is InChI=1S/C9H11N3OS2.HI/c1-12(2)9-11-8(14-15-9)10-6-7-4-3-5-13-7;/h3-5H,6H2,1-2H3;1H. The molecule has 0 radical (unpaired) electrons. The molecule has 16 heavy (non-hydrogen) atoms. The van der Waals surface area contributed by atoms with Gasteiger partial charge in [0.25, 0.3) is 0 Å². The molecule has 2 aromatic heterocycles. The molecule has 7 heteroatoms. The zero-order valence-electron chi connectivity index (χ0n) is 8.91. The van der Waals surface area contributed by atoms with Gasteiger partial charge in [-0.15, -0.1) is 24.0 Å². The molecule has 0 bridgehead atoms. The fraction of sp³-hybridized carbons (Fsp3) is 0.333. The maximum absolute atomic E-state index is 5.19. The van der Waals surface area contributed by atoms with E-state index in [1.807, 2.05) is 31.1 Å². The van der Waals surface area contributed by atoms with Gasteiger partial charge >= 0.3 is 0 Å². The van der Waals surface area contributed by atoms with Gasteiger partial charge in [-0.25, -0.2) is 4.99 Å². The molecule has 2 rings (SSSR count). The maximum atomic E-state index is 5.19. The van der Waals surface area contributed by atoms with Crippen LogP contribution in [0.15, 0.2) is 27.8 Å². The van der Waals surface area contributed by atoms with Crippen molar-refractivity contribution in [3.8, 4) is 0 Å². The van der Waals surface area contributed by atoms with Crippen LogP contribution in [-0.4, -0.2) is 19.1 Å². The Hall–Kier alpha value is -0.410. The lowest BCUT2D eigenvalue weighted by molar-refractivity contribution is 0.511. The molecule has 0 fully saturated rings. The minimum Gasteiger partial charge on any atom is -0.467 e. The van der Waals surface area contributed by atoms with Gasteiger partial charge in [0.2, 0.25) is 4.80 Å². The fourth-order valence-electron chi connectivity index (χ4n) is 0.978. The van der Waals surface area contributed by atoms with Crippen LogP contribution in [0, 0.1) is 0 Å². The van der Waals surface area contributed by atoms with Crippen molar-refractivity contribution < 1.29 is 4.42 Å². The summed E-state index contributed by atoms with van der Waals surface area (Å²) in [5, 5.41) is 0.984. The molecule has 0 aliphatic heterocycles. The molecule has 0 unspecified atom stereocenters. The minimum absolute atomic E-state index is 0. The summed E-state index contributed by atoms with van der Waals surface area (Å²) in [4.78, 5) is 11.5. The quantitative estimate of drug-likeness (QED) is 0.617. The minimum atomic E-state index is 0. The van der Waals surface area contributed by atoms with Crippen molar-refractivity contribution in [1.82, 2.24) is 4.98 Å². The first-order valence-corrected chi connectivity index (χ1v) is 6.58. The summed E-state index contributed by atoms with van der Waals surface area (Å²) in [7, 11) is 7.16. The number of furan rings is 1. The molecule has 0 aromatic carbocycles. The number of halogens is 1. The van der Waals surface area contributed by atoms with E-state index in [9.17, 15) is 0 Å². The summed E-state index contributed by atoms with van der Waals surface area (Å²) < 4.78 is 5.19. The van der Waals surface area contributed by atoms with Crippen molar-refractivity contribution in [1.29, 1.82) is 0 Å². The van der Waals surface area contributed by atoms with Crippen LogP contribution < -0.4 is 9.70 Å². The second-order valence-corrected chi connectivity index (χ2v) is 5.20. The molecule has 2 aromatic rings. The molecule has 0 N–H and O–H groups in total. The second kappa shape index (κ2) is 6.36. The number of aromatic nitrogens is 1. The van der Waals surface area contributed by atoms with Gasteiger partial charge in [-0.05, 0) is 32.8 Å².